The van der Waals surface area contributed by atoms with Crippen molar-refractivity contribution in [3.63, 3.8) is 0 Å². The molecule has 0 aliphatic rings. The molecule has 0 amide bonds. The number of aliphatic hydroxyl groups excluding tert-OH is 1. The number of aryl methyl sites for hydroxylation is 11. The molecule has 125 heavy (non-hydrogen) atoms. The highest BCUT2D eigenvalue weighted by atomic mass is 27.3. The lowest BCUT2D eigenvalue weighted by Gasteiger charge is -2.15. The van der Waals surface area contributed by atoms with Crippen LogP contribution in [0.3, 0.4) is 0 Å². The fourth-order valence-corrected chi connectivity index (χ4v) is 18.5. The summed E-state index contributed by atoms with van der Waals surface area (Å²) in [5.41, 5.74) is 17.3. The smallest absolute Gasteiger partial charge is 0.626 e. The van der Waals surface area contributed by atoms with Crippen LogP contribution in [0.4, 0.5) is 18.9 Å². The Morgan fingerprint density at radius 2 is 0.696 bits per heavy atom. The molecule has 35 heteroatoms. The van der Waals surface area contributed by atoms with Gasteiger partial charge in [-0.25, -0.2) is 39.7 Å². The molecule has 8 aromatic carbocycles. The summed E-state index contributed by atoms with van der Waals surface area (Å²) in [6, 6.07) is 61.3. The van der Waals surface area contributed by atoms with E-state index in [0.717, 1.165) is 158 Å². The Bertz CT molecular complexity index is 6260. The second-order valence-corrected chi connectivity index (χ2v) is 36.1. The molecule has 0 unspecified atom stereocenters. The van der Waals surface area contributed by atoms with Crippen LogP contribution in [0.2, 0.25) is 0 Å². The lowest BCUT2D eigenvalue weighted by molar-refractivity contribution is -0.137. The zero-order chi connectivity index (χ0) is 88.3. The van der Waals surface area contributed by atoms with Gasteiger partial charge in [0.2, 0.25) is 0 Å². The number of aromatic nitrogens is 8. The molecule has 8 radical (unpaired) electrons. The highest BCUT2D eigenvalue weighted by molar-refractivity contribution is 6.37. The summed E-state index contributed by atoms with van der Waals surface area (Å²) in [6.07, 6.45) is -2.56. The molecule has 0 atom stereocenters. The number of hydrogen-bond donors (Lipinski definition) is 1. The van der Waals surface area contributed by atoms with Gasteiger partial charge in [0.25, 0.3) is 0 Å². The number of nitrogens with zero attached hydrogens (tertiary/aromatic N) is 10. The van der Waals surface area contributed by atoms with E-state index in [1.165, 1.54) is 11.1 Å². The number of rotatable bonds is 28. The van der Waals surface area contributed by atoms with E-state index in [0.29, 0.717) is 67.6 Å². The van der Waals surface area contributed by atoms with Crippen LogP contribution in [0.25, 0.3) is 92.1 Å². The van der Waals surface area contributed by atoms with Crippen molar-refractivity contribution < 1.29 is 64.7 Å². The van der Waals surface area contributed by atoms with Gasteiger partial charge in [0, 0.05) is 94.7 Å². The Morgan fingerprint density at radius 1 is 0.352 bits per heavy atom. The first-order chi connectivity index (χ1) is 60.5. The molecule has 8 heterocycles. The van der Waals surface area contributed by atoms with Crippen LogP contribution >= 0.6 is 0 Å². The van der Waals surface area contributed by atoms with E-state index < -0.39 is 139 Å². The number of benzene rings is 8. The molecule has 0 bridgehead atoms. The number of methoxy groups -OCH3 is 1. The van der Waals surface area contributed by atoms with Crippen LogP contribution in [0, 0.1) is 80.2 Å². The highest BCUT2D eigenvalue weighted by Gasteiger charge is 2.32. The Balaban J connectivity index is 0.000000143. The minimum absolute atomic E-state index is 0.0474. The molecule has 1 N–H and O–H groups in total. The van der Waals surface area contributed by atoms with E-state index in [2.05, 4.69) is 88.9 Å². The van der Waals surface area contributed by atoms with E-state index in [-0.39, 0.29) is 12.4 Å². The van der Waals surface area contributed by atoms with Crippen molar-refractivity contribution in [1.82, 2.24) is 39.9 Å². The highest BCUT2D eigenvalue weighted by Crippen LogP contribution is 2.39. The van der Waals surface area contributed by atoms with Gasteiger partial charge in [0.1, 0.15) is 90.4 Å². The predicted molar refractivity (Wildman–Crippen MR) is 479 cm³/mol. The number of aliphatic hydroxyl groups is 1. The van der Waals surface area contributed by atoms with Gasteiger partial charge in [-0.05, 0) is 219 Å². The number of nitriles is 1. The van der Waals surface area contributed by atoms with Gasteiger partial charge in [-0.2, -0.15) is 18.4 Å². The maximum absolute atomic E-state index is 13.3. The Hall–Kier alpha value is -9.93. The first kappa shape index (κ1) is 92.7. The quantitative estimate of drug-likeness (QED) is 0.0271. The van der Waals surface area contributed by atoms with E-state index in [1.54, 1.807) is 50.4 Å². The summed E-state index contributed by atoms with van der Waals surface area (Å²) in [4.78, 5) is 40.0. The molecule has 0 spiro atoms. The topological polar surface area (TPSA) is 271 Å². The first-order valence-electron chi connectivity index (χ1n) is 39.2. The number of alkyl halides is 3. The van der Waals surface area contributed by atoms with E-state index in [4.69, 9.17) is 53.0 Å². The minimum atomic E-state index is -4.49. The SMILES string of the molecule is CCc1cc(C)nc2c([O][Al][O][Al][O]c3cccc4c(CC)cc(C)nc34)cccc12.COc1cc(C)nc2c([O][Al][O][Al][O]c3cccc4c(CO)cc(C)nc34)cccc12.Cc1cc([O][Al][O][Al][O]c2cc(C(F)(F)F)cc3ccc(C)nc23)c2nc(C)ccc2c1.[C-]#[N+]c1ccc([O][Al][O][Al][O]c2ccc(C#N)c3ccc(C)nc23)c2nc(C)ccc12. The fourth-order valence-electron chi connectivity index (χ4n) is 13.6. The number of hydrogen-bond acceptors (Lipinski definition) is 23. The molecular formula is C90H75Al8F3N10O14. The molecule has 16 rings (SSSR count). The van der Waals surface area contributed by atoms with E-state index in [9.17, 15) is 23.5 Å². The summed E-state index contributed by atoms with van der Waals surface area (Å²) in [5.74, 6) is 5.41. The van der Waals surface area contributed by atoms with Crippen LogP contribution in [-0.4, -0.2) is 179 Å². The third kappa shape index (κ3) is 23.7. The second kappa shape index (κ2) is 44.0. The van der Waals surface area contributed by atoms with E-state index >= 15 is 0 Å². The Kier molecular flexibility index (Phi) is 32.6. The predicted octanol–water partition coefficient (Wildman–Crippen LogP) is 18.1. The van der Waals surface area contributed by atoms with Crippen LogP contribution in [0.1, 0.15) is 92.8 Å². The van der Waals surface area contributed by atoms with Crippen LogP contribution in [0.5, 0.6) is 51.7 Å². The standard InChI is InChI=1S/2C12H13NO.C11H8F3NO.2C11H8N2O.2C11H11NO2.C11H11NO.8Al.4O/c2*1-3-9-7-8(2)13-12-10(9)5-4-6-11(12)14;1-6-2-3-7-4-8(11(12,13)14)5-9(16)10(7)15-6;1-7-3-4-8-9(12-2)5-6-10(14)11(8)13-7;1-7-2-4-9-8(6-12)3-5-10(14)11(9)13-7;1-7-6-10(14-2)8-4-3-5-9(13)11(8)12-7;1-7-5-8(6-13)9-3-2-4-10(14)11(9)12-7;1-7-5-9-4-3-8(2)12-11(9)10(13)6-7;;;;;;;;;;;;/h2*4-7,14H,3H2,1-2H3;2-5,16H,1H3;3-6,14H,1H3;2-5,14H,1H3;3-6,13H,1-2H3;2-5,13-14H,6H2,1H3;3-6,13H,1-2H3;;;;;;;;;;;;/q;;;;;;;;8*+1;;;;/p-8. The minimum Gasteiger partial charge on any atom is -0.626 e. The third-order valence-electron chi connectivity index (χ3n) is 19.3. The van der Waals surface area contributed by atoms with Crippen molar-refractivity contribution in [2.45, 2.75) is 102 Å². The zero-order valence-electron chi connectivity index (χ0n) is 70.1. The summed E-state index contributed by atoms with van der Waals surface area (Å²) in [5, 5.41) is 25.8. The lowest BCUT2D eigenvalue weighted by Crippen LogP contribution is -2.16. The Morgan fingerprint density at radius 3 is 1.12 bits per heavy atom. The molecule has 0 aliphatic carbocycles. The van der Waals surface area contributed by atoms with Gasteiger partial charge >= 0.3 is 133 Å². The molecule has 0 fully saturated rings. The van der Waals surface area contributed by atoms with Crippen molar-refractivity contribution in [2.75, 3.05) is 7.11 Å². The average molecular weight is 1790 g/mol. The van der Waals surface area contributed by atoms with Gasteiger partial charge < -0.3 is 51.5 Å². The maximum Gasteiger partial charge on any atom is 0.743 e. The molecule has 0 saturated heterocycles. The zero-order valence-corrected chi connectivity index (χ0v) is 79.3. The Labute approximate surface area is 773 Å². The molecule has 0 saturated carbocycles. The summed E-state index contributed by atoms with van der Waals surface area (Å²) < 4.78 is 115. The number of fused-ring (bicyclic) bond motifs is 8. The summed E-state index contributed by atoms with van der Waals surface area (Å²) >= 11 is -6.66. The number of ether oxygens (including phenoxy) is 1. The molecule has 614 valence electrons. The van der Waals surface area contributed by atoms with Crippen LogP contribution < -0.4 is 35.0 Å². The molecule has 0 aliphatic heterocycles. The molecule has 16 aromatic rings. The average Bonchev–Trinajstić information content (AvgIpc) is 0.812. The van der Waals surface area contributed by atoms with Crippen molar-refractivity contribution >= 4 is 220 Å². The van der Waals surface area contributed by atoms with E-state index in [1.807, 2.05) is 177 Å². The van der Waals surface area contributed by atoms with Gasteiger partial charge in [0.05, 0.1) is 43.0 Å². The van der Waals surface area contributed by atoms with Crippen molar-refractivity contribution in [2.24, 2.45) is 0 Å². The van der Waals surface area contributed by atoms with Gasteiger partial charge in [-0.1, -0.05) is 80.6 Å². The van der Waals surface area contributed by atoms with Gasteiger partial charge in [-0.3, -0.25) is 4.98 Å². The normalized spacial score (nSPS) is 10.9. The largest absolute Gasteiger partial charge is 0.743 e. The maximum atomic E-state index is 13.3. The molecular weight excluding hydrogens is 1720 g/mol. The monoisotopic (exact) mass is 1790 g/mol. The first-order valence-corrected chi connectivity index (χ1v) is 46.7. The molecule has 8 aromatic heterocycles. The van der Waals surface area contributed by atoms with Crippen molar-refractivity contribution in [3.05, 3.63) is 284 Å². The fraction of sp³-hybridized carbons (Fsp3) is 0.178. The van der Waals surface area contributed by atoms with Crippen LogP contribution in [-0.2, 0) is 37.0 Å². The number of pyridine rings is 8. The lowest BCUT2D eigenvalue weighted by atomic mass is 10.1. The van der Waals surface area contributed by atoms with Crippen LogP contribution in [0.15, 0.2) is 194 Å². The molecule has 24 nitrogen and oxygen atoms in total. The van der Waals surface area contributed by atoms with Gasteiger partial charge in [0.15, 0.2) is 5.69 Å². The summed E-state index contributed by atoms with van der Waals surface area (Å²) in [7, 11) is 1.64. The number of para-hydroxylation sites is 4. The van der Waals surface area contributed by atoms with Crippen molar-refractivity contribution in [1.29, 1.82) is 5.26 Å². The second-order valence-electron chi connectivity index (χ2n) is 28.4. The third-order valence-corrected chi connectivity index (χ3v) is 25.7. The van der Waals surface area contributed by atoms with Crippen molar-refractivity contribution in [3.8, 4) is 57.8 Å². The summed E-state index contributed by atoms with van der Waals surface area (Å²) in [6.45, 7) is 28.9. The number of halogens is 3. The van der Waals surface area contributed by atoms with Gasteiger partial charge in [-0.15, -0.1) is 0 Å².